The average molecular weight is 439 g/mol. The number of hydrogen-bond donors (Lipinski definition) is 0. The zero-order valence-electron chi connectivity index (χ0n) is 7.41. The first kappa shape index (κ1) is 12.1. The molecule has 1 radical (unpaired) electrons. The normalized spacial score (nSPS) is 9.71. The molecular formula is C12H6UV-2. The van der Waals surface area contributed by atoms with E-state index in [1.807, 2.05) is 24.3 Å². The third kappa shape index (κ3) is 1.64. The molecule has 0 nitrogen and oxygen atoms in total. The molecule has 0 atom stereocenters. The van der Waals surface area contributed by atoms with Crippen LogP contribution in [0.2, 0.25) is 0 Å². The van der Waals surface area contributed by atoms with Crippen LogP contribution >= 0.6 is 0 Å². The molecule has 0 N–H and O–H groups in total. The third-order valence-electron chi connectivity index (χ3n) is 2.25. The van der Waals surface area contributed by atoms with E-state index in [-0.39, 0.29) is 49.7 Å². The average Bonchev–Trinajstić information content (AvgIpc) is 2.14. The fraction of sp³-hybridized carbons (Fsp3) is 0. The summed E-state index contributed by atoms with van der Waals surface area (Å²) < 4.78 is 0. The molecular weight excluding hydrogens is 433 g/mol. The van der Waals surface area contributed by atoms with Gasteiger partial charge in [0.15, 0.2) is 0 Å². The molecule has 2 heteroatoms. The van der Waals surface area contributed by atoms with Crippen LogP contribution < -0.4 is 0 Å². The van der Waals surface area contributed by atoms with Crippen LogP contribution in [0.3, 0.4) is 0 Å². The van der Waals surface area contributed by atoms with E-state index >= 15 is 0 Å². The molecule has 0 saturated heterocycles. The number of fused-ring (bicyclic) bond motifs is 2. The van der Waals surface area contributed by atoms with Gasteiger partial charge in [0, 0.05) is 49.7 Å². The summed E-state index contributed by atoms with van der Waals surface area (Å²) in [4.78, 5) is 0. The van der Waals surface area contributed by atoms with Crippen molar-refractivity contribution < 1.29 is 49.7 Å². The van der Waals surface area contributed by atoms with Crippen molar-refractivity contribution in [3.05, 3.63) is 69.4 Å². The number of rotatable bonds is 0. The molecule has 1 aliphatic carbocycles. The van der Waals surface area contributed by atoms with Crippen LogP contribution in [0.5, 0.6) is 0 Å². The summed E-state index contributed by atoms with van der Waals surface area (Å²) in [6.45, 7) is 0. The minimum Gasteiger partial charge on any atom is -0.229 e. The summed E-state index contributed by atoms with van der Waals surface area (Å²) in [7, 11) is 0. The molecule has 2 aromatic carbocycles. The van der Waals surface area contributed by atoms with Gasteiger partial charge in [-0.15, -0.1) is 12.1 Å². The van der Waals surface area contributed by atoms with Crippen molar-refractivity contribution in [2.24, 2.45) is 0 Å². The summed E-state index contributed by atoms with van der Waals surface area (Å²) in [6, 6.07) is 18.6. The van der Waals surface area contributed by atoms with Gasteiger partial charge in [-0.05, 0) is 0 Å². The Morgan fingerprint density at radius 1 is 0.786 bits per heavy atom. The zero-order chi connectivity index (χ0) is 7.97. The van der Waals surface area contributed by atoms with Gasteiger partial charge in [-0.2, -0.15) is 46.8 Å². The van der Waals surface area contributed by atoms with Gasteiger partial charge in [-0.3, -0.25) is 0 Å². The number of hydrogen-bond acceptors (Lipinski definition) is 0. The zero-order valence-corrected chi connectivity index (χ0v) is 13.0. The van der Waals surface area contributed by atoms with E-state index in [0.717, 1.165) is 0 Å². The van der Waals surface area contributed by atoms with E-state index in [1.165, 1.54) is 20.9 Å². The maximum Gasteiger partial charge on any atom is 0 e. The minimum atomic E-state index is 0. The molecule has 65 valence electrons. The molecule has 0 spiro atoms. The quantitative estimate of drug-likeness (QED) is 0.472. The standard InChI is InChI=1S/C12H6.U.V/c1-2-6-10-9(5-1)11-7-3-4-8-12(10)11;;/h1-5,7H;;/q-2;;. The Hall–Kier alpha value is 0.0764. The van der Waals surface area contributed by atoms with Crippen molar-refractivity contribution in [2.45, 2.75) is 0 Å². The van der Waals surface area contributed by atoms with Crippen LogP contribution in [-0.4, -0.2) is 0 Å². The molecule has 0 saturated carbocycles. The van der Waals surface area contributed by atoms with E-state index in [4.69, 9.17) is 0 Å². The Labute approximate surface area is 118 Å². The first-order valence-corrected chi connectivity index (χ1v) is 3.99. The third-order valence-corrected chi connectivity index (χ3v) is 2.25. The predicted octanol–water partition coefficient (Wildman–Crippen LogP) is 2.17. The monoisotopic (exact) mass is 439 g/mol. The van der Waals surface area contributed by atoms with E-state index in [0.29, 0.717) is 0 Å². The van der Waals surface area contributed by atoms with Crippen LogP contribution in [-0.2, 0) is 18.6 Å². The summed E-state index contributed by atoms with van der Waals surface area (Å²) in [6.07, 6.45) is 0. The fourth-order valence-corrected chi connectivity index (χ4v) is 1.67. The SMILES string of the molecule is [U].[V].[c-]1cccc2c1=c1[c-]cccc1=2. The van der Waals surface area contributed by atoms with Crippen molar-refractivity contribution >= 4 is 0 Å². The van der Waals surface area contributed by atoms with Crippen molar-refractivity contribution in [3.63, 3.8) is 0 Å². The smallest absolute Gasteiger partial charge is 0 e. The fourth-order valence-electron chi connectivity index (χ4n) is 1.67. The Bertz CT molecular complexity index is 485. The molecule has 0 fully saturated rings. The van der Waals surface area contributed by atoms with Gasteiger partial charge in [0.1, 0.15) is 0 Å². The van der Waals surface area contributed by atoms with E-state index in [9.17, 15) is 0 Å². The van der Waals surface area contributed by atoms with Gasteiger partial charge in [-0.25, -0.2) is 10.4 Å². The maximum absolute atomic E-state index is 3.21. The van der Waals surface area contributed by atoms with Gasteiger partial charge in [0.05, 0.1) is 0 Å². The molecule has 0 amide bonds. The second kappa shape index (κ2) is 4.73. The van der Waals surface area contributed by atoms with E-state index in [2.05, 4.69) is 24.3 Å². The minimum absolute atomic E-state index is 0. The van der Waals surface area contributed by atoms with Crippen LogP contribution in [0.15, 0.2) is 36.4 Å². The van der Waals surface area contributed by atoms with Crippen LogP contribution in [0.1, 0.15) is 0 Å². The van der Waals surface area contributed by atoms with Gasteiger partial charge < -0.3 is 0 Å². The second-order valence-electron chi connectivity index (χ2n) is 2.92. The summed E-state index contributed by atoms with van der Waals surface area (Å²) in [5, 5.41) is 5.05. The molecule has 0 aromatic heterocycles. The molecule has 14 heavy (non-hydrogen) atoms. The molecule has 0 unspecified atom stereocenters. The Morgan fingerprint density at radius 3 is 1.64 bits per heavy atom. The molecule has 0 bridgehead atoms. The van der Waals surface area contributed by atoms with Crippen LogP contribution in [0, 0.1) is 64.1 Å². The first-order chi connectivity index (χ1) is 5.97. The van der Waals surface area contributed by atoms with Gasteiger partial charge >= 0.3 is 0 Å². The van der Waals surface area contributed by atoms with E-state index < -0.39 is 0 Å². The molecule has 2 aromatic rings. The van der Waals surface area contributed by atoms with Gasteiger partial charge in [-0.1, -0.05) is 0 Å². The van der Waals surface area contributed by atoms with Crippen molar-refractivity contribution in [1.82, 2.24) is 0 Å². The molecule has 1 aliphatic rings. The van der Waals surface area contributed by atoms with Crippen molar-refractivity contribution in [3.8, 4) is 0 Å². The Morgan fingerprint density at radius 2 is 1.21 bits per heavy atom. The summed E-state index contributed by atoms with van der Waals surface area (Å²) in [5.41, 5.74) is 0. The summed E-state index contributed by atoms with van der Waals surface area (Å²) >= 11 is 0. The van der Waals surface area contributed by atoms with Crippen molar-refractivity contribution in [2.75, 3.05) is 0 Å². The Balaban J connectivity index is 0.000000490. The van der Waals surface area contributed by atoms with Crippen molar-refractivity contribution in [1.29, 1.82) is 0 Å². The molecule has 0 aliphatic heterocycles. The first-order valence-electron chi connectivity index (χ1n) is 3.99. The van der Waals surface area contributed by atoms with E-state index in [1.54, 1.807) is 0 Å². The summed E-state index contributed by atoms with van der Waals surface area (Å²) in [5.74, 6) is 0. The second-order valence-corrected chi connectivity index (χ2v) is 2.92. The molecule has 0 heterocycles. The van der Waals surface area contributed by atoms with Gasteiger partial charge in [0.25, 0.3) is 0 Å². The van der Waals surface area contributed by atoms with Crippen LogP contribution in [0.4, 0.5) is 0 Å². The van der Waals surface area contributed by atoms with Crippen LogP contribution in [0.25, 0.3) is 0 Å². The molecule has 3 rings (SSSR count). The largest absolute Gasteiger partial charge is 0.229 e. The number of benzene rings is 2. The topological polar surface area (TPSA) is 0 Å². The maximum atomic E-state index is 3.21. The van der Waals surface area contributed by atoms with Gasteiger partial charge in [0.2, 0.25) is 0 Å². The predicted molar refractivity (Wildman–Crippen MR) is 45.9 cm³/mol. The Kier molecular flexibility index (Phi) is 4.11.